The van der Waals surface area contributed by atoms with Crippen molar-refractivity contribution < 1.29 is 32.2 Å². The molecule has 0 fully saturated rings. The molecule has 12 heteroatoms. The molecule has 2 atom stereocenters. The van der Waals surface area contributed by atoms with Crippen LogP contribution in [0.4, 0.5) is 23.7 Å². The van der Waals surface area contributed by atoms with Crippen LogP contribution >= 0.6 is 23.2 Å². The van der Waals surface area contributed by atoms with Gasteiger partial charge in [0, 0.05) is 23.3 Å². The topological polar surface area (TPSA) is 79.9 Å². The minimum absolute atomic E-state index is 0.0212. The van der Waals surface area contributed by atoms with Crippen molar-refractivity contribution in [2.45, 2.75) is 37.4 Å². The number of rotatable bonds is 8. The van der Waals surface area contributed by atoms with E-state index in [0.29, 0.717) is 21.8 Å². The summed E-state index contributed by atoms with van der Waals surface area (Å²) < 4.78 is 53.5. The molecule has 2 unspecified atom stereocenters. The average Bonchev–Trinajstić information content (AvgIpc) is 2.93. The number of alkyl carbamates (subject to hydrolysis) is 1. The maximum Gasteiger partial charge on any atom is 0.417 e. The highest BCUT2D eigenvalue weighted by molar-refractivity contribution is 6.31. The number of hydrogen-bond acceptors (Lipinski definition) is 5. The summed E-state index contributed by atoms with van der Waals surface area (Å²) in [5.41, 5.74) is 2.10. The van der Waals surface area contributed by atoms with E-state index in [0.717, 1.165) is 17.5 Å². The quantitative estimate of drug-likeness (QED) is 0.215. The largest absolute Gasteiger partial charge is 0.486 e. The third-order valence-electron chi connectivity index (χ3n) is 6.20. The minimum Gasteiger partial charge on any atom is -0.486 e. The molecule has 1 heterocycles. The minimum atomic E-state index is -5.16. The molecular formula is C29H26Cl2F3N3O4. The zero-order valence-corrected chi connectivity index (χ0v) is 23.5. The first kappa shape index (κ1) is 30.1. The molecule has 216 valence electrons. The Balaban J connectivity index is 1.67. The molecule has 7 nitrogen and oxygen atoms in total. The van der Waals surface area contributed by atoms with Crippen LogP contribution < -0.4 is 10.6 Å². The van der Waals surface area contributed by atoms with Gasteiger partial charge in [-0.1, -0.05) is 83.9 Å². The van der Waals surface area contributed by atoms with Crippen LogP contribution in [0.5, 0.6) is 0 Å². The van der Waals surface area contributed by atoms with Gasteiger partial charge in [-0.15, -0.1) is 0 Å². The van der Waals surface area contributed by atoms with Gasteiger partial charge in [0.15, 0.2) is 10.8 Å². The van der Waals surface area contributed by atoms with E-state index in [1.807, 2.05) is 6.07 Å². The number of ether oxygens (including phenoxy) is 2. The van der Waals surface area contributed by atoms with E-state index in [2.05, 4.69) is 5.32 Å². The lowest BCUT2D eigenvalue weighted by atomic mass is 9.99. The van der Waals surface area contributed by atoms with Crippen molar-refractivity contribution in [2.24, 2.45) is 0 Å². The smallest absolute Gasteiger partial charge is 0.417 e. The molecule has 0 bridgehead atoms. The number of amides is 2. The summed E-state index contributed by atoms with van der Waals surface area (Å²) in [7, 11) is 1.12. The van der Waals surface area contributed by atoms with Gasteiger partial charge in [0.25, 0.3) is 5.91 Å². The van der Waals surface area contributed by atoms with E-state index >= 15 is 0 Å². The fourth-order valence-corrected chi connectivity index (χ4v) is 4.77. The second kappa shape index (κ2) is 12.3. The number of fused-ring (bicyclic) bond motifs is 1. The molecular weight excluding hydrogens is 582 g/mol. The molecule has 3 aromatic carbocycles. The number of anilines is 1. The average molecular weight is 608 g/mol. The zero-order valence-electron chi connectivity index (χ0n) is 22.0. The number of benzene rings is 3. The summed E-state index contributed by atoms with van der Waals surface area (Å²) in [6, 6.07) is 19.3. The van der Waals surface area contributed by atoms with Gasteiger partial charge in [-0.3, -0.25) is 4.79 Å². The van der Waals surface area contributed by atoms with Gasteiger partial charge in [-0.05, 0) is 36.2 Å². The van der Waals surface area contributed by atoms with Gasteiger partial charge in [-0.2, -0.15) is 13.2 Å². The lowest BCUT2D eigenvalue weighted by Gasteiger charge is -2.40. The SMILES string of the molecule is CN(C(=O)C(NC(=O)OCc1ccccc1)C(F)(F)F)C1=C(OCc2ccccc2)c2cc(Cl)ccc2NC1(C)Cl. The Labute approximate surface area is 244 Å². The Hall–Kier alpha value is -3.89. The standard InChI is InChI=1S/C29H26Cl2F3N3O4/c1-28(31)25(23(40-16-18-9-5-3-6-10-18)21-15-20(30)13-14-22(21)36-28)37(2)26(38)24(29(32,33)34)35-27(39)41-17-19-11-7-4-8-12-19/h3-15,24,36H,16-17H2,1-2H3,(H,35,39). The molecule has 0 aromatic heterocycles. The Kier molecular flexibility index (Phi) is 9.04. The van der Waals surface area contributed by atoms with Gasteiger partial charge in [0.1, 0.15) is 18.9 Å². The summed E-state index contributed by atoms with van der Waals surface area (Å²) in [6.45, 7) is 1.21. The van der Waals surface area contributed by atoms with Crippen LogP contribution in [-0.4, -0.2) is 41.2 Å². The van der Waals surface area contributed by atoms with Gasteiger partial charge in [-0.25, -0.2) is 4.79 Å². The summed E-state index contributed by atoms with van der Waals surface area (Å²) in [5, 5.41) is 4.99. The van der Waals surface area contributed by atoms with E-state index in [4.69, 9.17) is 32.7 Å². The molecule has 1 aliphatic rings. The van der Waals surface area contributed by atoms with Crippen LogP contribution in [0.1, 0.15) is 23.6 Å². The number of alkyl halides is 4. The second-order valence-corrected chi connectivity index (χ2v) is 10.5. The van der Waals surface area contributed by atoms with Crippen molar-refractivity contribution in [2.75, 3.05) is 12.4 Å². The number of carbonyl (C=O) groups excluding carboxylic acids is 2. The zero-order chi connectivity index (χ0) is 29.8. The maximum absolute atomic E-state index is 14.1. The summed E-state index contributed by atoms with van der Waals surface area (Å²) in [4.78, 5) is 24.9. The number of hydrogen-bond donors (Lipinski definition) is 2. The molecule has 0 saturated heterocycles. The van der Waals surface area contributed by atoms with Crippen molar-refractivity contribution in [3.05, 3.63) is 106 Å². The maximum atomic E-state index is 14.1. The van der Waals surface area contributed by atoms with Crippen LogP contribution in [0.3, 0.4) is 0 Å². The van der Waals surface area contributed by atoms with Crippen LogP contribution in [0.25, 0.3) is 5.76 Å². The Morgan fingerprint density at radius 1 is 1.00 bits per heavy atom. The first-order valence-electron chi connectivity index (χ1n) is 12.4. The van der Waals surface area contributed by atoms with Gasteiger partial charge >= 0.3 is 12.3 Å². The van der Waals surface area contributed by atoms with Crippen LogP contribution in [0.15, 0.2) is 84.6 Å². The Bertz CT molecular complexity index is 1430. The highest BCUT2D eigenvalue weighted by Crippen LogP contribution is 2.44. The van der Waals surface area contributed by atoms with Crippen molar-refractivity contribution >= 4 is 46.6 Å². The number of carbonyl (C=O) groups is 2. The van der Waals surface area contributed by atoms with Crippen LogP contribution in [-0.2, 0) is 27.5 Å². The lowest BCUT2D eigenvalue weighted by molar-refractivity contribution is -0.172. The van der Waals surface area contributed by atoms with Crippen molar-refractivity contribution in [1.82, 2.24) is 10.2 Å². The third kappa shape index (κ3) is 7.25. The fourth-order valence-electron chi connectivity index (χ4n) is 4.28. The number of nitrogens with one attached hydrogen (secondary N) is 2. The first-order valence-corrected chi connectivity index (χ1v) is 13.1. The second-order valence-electron chi connectivity index (χ2n) is 9.35. The molecule has 0 radical (unpaired) electrons. The molecule has 2 amide bonds. The molecule has 0 saturated carbocycles. The highest BCUT2D eigenvalue weighted by Gasteiger charge is 2.50. The Morgan fingerprint density at radius 3 is 2.17 bits per heavy atom. The molecule has 4 rings (SSSR count). The van der Waals surface area contributed by atoms with E-state index in [1.165, 1.54) is 6.92 Å². The van der Waals surface area contributed by atoms with E-state index in [-0.39, 0.29) is 24.7 Å². The van der Waals surface area contributed by atoms with Crippen molar-refractivity contribution in [3.63, 3.8) is 0 Å². The van der Waals surface area contributed by atoms with Gasteiger partial charge in [0.05, 0.1) is 0 Å². The molecule has 3 aromatic rings. The normalized spacial score (nSPS) is 17.1. The monoisotopic (exact) mass is 607 g/mol. The molecule has 0 spiro atoms. The molecule has 41 heavy (non-hydrogen) atoms. The molecule has 0 aliphatic carbocycles. The van der Waals surface area contributed by atoms with E-state index < -0.39 is 29.2 Å². The fraction of sp³-hybridized carbons (Fsp3) is 0.241. The van der Waals surface area contributed by atoms with Crippen molar-refractivity contribution in [3.8, 4) is 0 Å². The predicted octanol–water partition coefficient (Wildman–Crippen LogP) is 6.92. The predicted molar refractivity (Wildman–Crippen MR) is 150 cm³/mol. The Morgan fingerprint density at radius 2 is 1.59 bits per heavy atom. The number of nitrogens with zero attached hydrogens (tertiary/aromatic N) is 1. The van der Waals surface area contributed by atoms with Crippen LogP contribution in [0.2, 0.25) is 5.02 Å². The van der Waals surface area contributed by atoms with Crippen LogP contribution in [0, 0.1) is 0 Å². The number of likely N-dealkylation sites (N-methyl/N-ethyl adjacent to an activating group) is 1. The molecule has 2 N–H and O–H groups in total. The van der Waals surface area contributed by atoms with Crippen molar-refractivity contribution in [1.29, 1.82) is 0 Å². The van der Waals surface area contributed by atoms with Gasteiger partial charge in [0.2, 0.25) is 6.04 Å². The summed E-state index contributed by atoms with van der Waals surface area (Å²) in [6.07, 6.45) is -6.57. The summed E-state index contributed by atoms with van der Waals surface area (Å²) >= 11 is 13.0. The third-order valence-corrected chi connectivity index (χ3v) is 6.71. The van der Waals surface area contributed by atoms with E-state index in [1.54, 1.807) is 78.1 Å². The highest BCUT2D eigenvalue weighted by atomic mass is 35.5. The molecule has 1 aliphatic heterocycles. The first-order chi connectivity index (χ1) is 19.4. The lowest BCUT2D eigenvalue weighted by Crippen LogP contribution is -2.57. The number of halogens is 5. The summed E-state index contributed by atoms with van der Waals surface area (Å²) in [5.74, 6) is -1.46. The van der Waals surface area contributed by atoms with E-state index in [9.17, 15) is 22.8 Å². The van der Waals surface area contributed by atoms with Gasteiger partial charge < -0.3 is 25.0 Å².